The number of aromatic amines is 1. The lowest BCUT2D eigenvalue weighted by Crippen LogP contribution is -2.38. The van der Waals surface area contributed by atoms with E-state index in [0.717, 1.165) is 10.9 Å². The summed E-state index contributed by atoms with van der Waals surface area (Å²) >= 11 is 6.17. The fourth-order valence-electron chi connectivity index (χ4n) is 4.31. The number of aromatic nitrogens is 6. The van der Waals surface area contributed by atoms with Gasteiger partial charge < -0.3 is 20.3 Å². The molecule has 1 aromatic carbocycles. The van der Waals surface area contributed by atoms with Gasteiger partial charge in [0.15, 0.2) is 0 Å². The number of fused-ring (bicyclic) bond motifs is 3. The number of hydrogen-bond donors (Lipinski definition) is 3. The molecular weight excluding hydrogens is 542 g/mol. The van der Waals surface area contributed by atoms with Crippen LogP contribution in [0.1, 0.15) is 34.5 Å². The first kappa shape index (κ1) is 25.9. The number of nitrogens with one attached hydrogen (secondary N) is 2. The van der Waals surface area contributed by atoms with E-state index >= 15 is 0 Å². The number of alkyl halides is 6. The fourth-order valence-corrected chi connectivity index (χ4v) is 4.48. The molecule has 3 N–H and O–H groups in total. The molecule has 0 radical (unpaired) electrons. The van der Waals surface area contributed by atoms with Gasteiger partial charge in [0.1, 0.15) is 6.04 Å². The Morgan fingerprint density at radius 1 is 1.03 bits per heavy atom. The Labute approximate surface area is 214 Å². The van der Waals surface area contributed by atoms with Gasteiger partial charge in [-0.15, -0.1) is 0 Å². The molecule has 3 aromatic heterocycles. The Hall–Kier alpha value is -3.72. The van der Waals surface area contributed by atoms with Gasteiger partial charge in [0.2, 0.25) is 23.5 Å². The predicted molar refractivity (Wildman–Crippen MR) is 124 cm³/mol. The predicted octanol–water partition coefficient (Wildman–Crippen LogP) is 4.39. The summed E-state index contributed by atoms with van der Waals surface area (Å²) in [6.07, 6.45) is -7.47. The highest BCUT2D eigenvalue weighted by Gasteiger charge is 2.43. The van der Waals surface area contributed by atoms with Crippen LogP contribution in [0.3, 0.4) is 0 Å². The van der Waals surface area contributed by atoms with E-state index in [1.165, 1.54) is 17.3 Å². The van der Waals surface area contributed by atoms with Gasteiger partial charge in [0, 0.05) is 52.7 Å². The van der Waals surface area contributed by atoms with Crippen LogP contribution in [0.5, 0.6) is 0 Å². The van der Waals surface area contributed by atoms with Crippen molar-refractivity contribution in [3.05, 3.63) is 64.1 Å². The third kappa shape index (κ3) is 4.90. The molecule has 16 heteroatoms. The second kappa shape index (κ2) is 9.54. The maximum atomic E-state index is 13.5. The van der Waals surface area contributed by atoms with E-state index < -0.39 is 36.0 Å². The van der Waals surface area contributed by atoms with E-state index in [4.69, 9.17) is 16.7 Å². The highest BCUT2D eigenvalue weighted by molar-refractivity contribution is 6.31. The highest BCUT2D eigenvalue weighted by Crippen LogP contribution is 2.41. The molecular formula is C22H17ClF6N8O. The van der Waals surface area contributed by atoms with Crippen LogP contribution in [0.4, 0.5) is 38.2 Å². The zero-order chi connectivity index (χ0) is 27.2. The minimum Gasteiger partial charge on any atom is -0.395 e. The summed E-state index contributed by atoms with van der Waals surface area (Å²) in [7, 11) is 0. The number of rotatable bonds is 5. The lowest BCUT2D eigenvalue weighted by molar-refractivity contribution is -0.155. The Morgan fingerprint density at radius 3 is 2.29 bits per heavy atom. The van der Waals surface area contributed by atoms with Gasteiger partial charge in [-0.25, -0.2) is 15.0 Å². The van der Waals surface area contributed by atoms with Crippen LogP contribution in [-0.4, -0.2) is 54.7 Å². The third-order valence-electron chi connectivity index (χ3n) is 5.86. The molecule has 0 amide bonds. The summed E-state index contributed by atoms with van der Waals surface area (Å²) in [4.78, 5) is 22.2. The van der Waals surface area contributed by atoms with Gasteiger partial charge in [0.25, 0.3) is 0 Å². The Kier molecular flexibility index (Phi) is 6.51. The largest absolute Gasteiger partial charge is 0.451 e. The van der Waals surface area contributed by atoms with E-state index in [1.54, 1.807) is 18.2 Å². The first-order chi connectivity index (χ1) is 18.0. The smallest absolute Gasteiger partial charge is 0.395 e. The summed E-state index contributed by atoms with van der Waals surface area (Å²) in [5.74, 6) is -4.53. The van der Waals surface area contributed by atoms with Crippen LogP contribution < -0.4 is 10.2 Å². The number of anilines is 2. The molecule has 0 aliphatic carbocycles. The lowest BCUT2D eigenvalue weighted by Gasteiger charge is -2.36. The van der Waals surface area contributed by atoms with Gasteiger partial charge in [-0.3, -0.25) is 0 Å². The monoisotopic (exact) mass is 558 g/mol. The number of aliphatic hydroxyl groups excluding tert-OH is 1. The molecule has 0 fully saturated rings. The van der Waals surface area contributed by atoms with Gasteiger partial charge in [-0.05, 0) is 30.2 Å². The summed E-state index contributed by atoms with van der Waals surface area (Å²) < 4.78 is 80.9. The molecule has 0 saturated carbocycles. The van der Waals surface area contributed by atoms with Crippen molar-refractivity contribution in [3.8, 4) is 0 Å². The minimum absolute atomic E-state index is 0.0275. The Bertz CT molecular complexity index is 1440. The summed E-state index contributed by atoms with van der Waals surface area (Å²) in [6, 6.07) is 4.13. The first-order valence-electron chi connectivity index (χ1n) is 11.1. The van der Waals surface area contributed by atoms with Gasteiger partial charge >= 0.3 is 12.4 Å². The molecule has 5 rings (SSSR count). The van der Waals surface area contributed by atoms with E-state index in [-0.39, 0.29) is 32.1 Å². The summed E-state index contributed by atoms with van der Waals surface area (Å²) in [5.41, 5.74) is 2.31. The SMILES string of the molecule is OCCNc1ncc(C2c3[nH]c4ccc(Cl)cc4c3CCN2c2nc(C(F)(F)F)nc(C(F)(F)F)n2)cn1. The number of H-pyrrole nitrogens is 1. The molecule has 0 saturated heterocycles. The molecule has 0 bridgehead atoms. The van der Waals surface area contributed by atoms with Crippen LogP contribution in [0.2, 0.25) is 5.02 Å². The minimum atomic E-state index is -5.24. The van der Waals surface area contributed by atoms with Crippen LogP contribution in [-0.2, 0) is 18.8 Å². The molecule has 38 heavy (non-hydrogen) atoms. The van der Waals surface area contributed by atoms with Crippen molar-refractivity contribution in [1.29, 1.82) is 0 Å². The fraction of sp³-hybridized carbons (Fsp3) is 0.318. The van der Waals surface area contributed by atoms with Crippen molar-refractivity contribution in [1.82, 2.24) is 29.9 Å². The quantitative estimate of drug-likeness (QED) is 0.309. The molecule has 1 atom stereocenters. The maximum Gasteiger partial charge on any atom is 0.451 e. The maximum absolute atomic E-state index is 13.5. The highest BCUT2D eigenvalue weighted by atomic mass is 35.5. The van der Waals surface area contributed by atoms with Gasteiger partial charge in [-0.2, -0.15) is 36.3 Å². The molecule has 1 aliphatic rings. The lowest BCUT2D eigenvalue weighted by atomic mass is 9.94. The van der Waals surface area contributed by atoms with Gasteiger partial charge in [0.05, 0.1) is 6.61 Å². The van der Waals surface area contributed by atoms with Crippen LogP contribution in [0.25, 0.3) is 10.9 Å². The Balaban J connectivity index is 1.68. The van der Waals surface area contributed by atoms with Crippen molar-refractivity contribution in [2.75, 3.05) is 29.9 Å². The van der Waals surface area contributed by atoms with E-state index in [1.807, 2.05) is 0 Å². The van der Waals surface area contributed by atoms with Gasteiger partial charge in [-0.1, -0.05) is 11.6 Å². The standard InChI is InChI=1S/C22H17ClF6N8O/c23-11-1-2-14-13(7-11)12-3-5-37(20-35-17(21(24,25)26)34-18(36-20)22(27,28)29)16(15(12)33-14)10-8-31-19(32-9-10)30-4-6-38/h1-2,7-9,16,33,38H,3-6H2,(H,30,31,32). The zero-order valence-corrected chi connectivity index (χ0v) is 19.8. The molecule has 9 nitrogen and oxygen atoms in total. The molecule has 4 heterocycles. The van der Waals surface area contributed by atoms with Crippen LogP contribution in [0, 0.1) is 0 Å². The normalized spacial score (nSPS) is 16.1. The number of aliphatic hydroxyl groups is 1. The average molecular weight is 559 g/mol. The molecule has 1 aliphatic heterocycles. The van der Waals surface area contributed by atoms with Crippen LogP contribution in [0.15, 0.2) is 30.6 Å². The van der Waals surface area contributed by atoms with E-state index in [0.29, 0.717) is 21.8 Å². The second-order valence-electron chi connectivity index (χ2n) is 8.32. The first-order valence-corrected chi connectivity index (χ1v) is 11.5. The molecule has 0 spiro atoms. The molecule has 4 aromatic rings. The van der Waals surface area contributed by atoms with Crippen molar-refractivity contribution >= 4 is 34.4 Å². The van der Waals surface area contributed by atoms with E-state index in [9.17, 15) is 26.3 Å². The number of halogens is 7. The van der Waals surface area contributed by atoms with Crippen molar-refractivity contribution in [3.63, 3.8) is 0 Å². The average Bonchev–Trinajstić information content (AvgIpc) is 3.24. The Morgan fingerprint density at radius 2 is 1.68 bits per heavy atom. The van der Waals surface area contributed by atoms with E-state index in [2.05, 4.69) is 35.2 Å². The second-order valence-corrected chi connectivity index (χ2v) is 8.76. The summed E-state index contributed by atoms with van der Waals surface area (Å²) in [5, 5.41) is 13.0. The zero-order valence-electron chi connectivity index (χ0n) is 19.1. The number of hydrogen-bond acceptors (Lipinski definition) is 8. The van der Waals surface area contributed by atoms with Crippen LogP contribution >= 0.6 is 11.6 Å². The van der Waals surface area contributed by atoms with Crippen molar-refractivity contribution < 1.29 is 31.4 Å². The number of benzene rings is 1. The third-order valence-corrected chi connectivity index (χ3v) is 6.09. The topological polar surface area (TPSA) is 116 Å². The summed E-state index contributed by atoms with van der Waals surface area (Å²) in [6.45, 7) is -0.0294. The molecule has 1 unspecified atom stereocenters. The number of nitrogens with zero attached hydrogens (tertiary/aromatic N) is 6. The van der Waals surface area contributed by atoms with Crippen molar-refractivity contribution in [2.45, 2.75) is 24.8 Å². The van der Waals surface area contributed by atoms with Crippen molar-refractivity contribution in [2.24, 2.45) is 0 Å². The molecule has 200 valence electrons.